The van der Waals surface area contributed by atoms with Crippen molar-refractivity contribution >= 4 is 0 Å². The Morgan fingerprint density at radius 3 is 2.47 bits per heavy atom. The van der Waals surface area contributed by atoms with E-state index in [-0.39, 0.29) is 0 Å². The van der Waals surface area contributed by atoms with E-state index in [0.717, 1.165) is 5.75 Å². The maximum absolute atomic E-state index is 9.78. The Kier molecular flexibility index (Phi) is 3.75. The Morgan fingerprint density at radius 1 is 1.27 bits per heavy atom. The summed E-state index contributed by atoms with van der Waals surface area (Å²) in [5.41, 5.74) is 1.73. The first kappa shape index (κ1) is 12.1. The van der Waals surface area contributed by atoms with Gasteiger partial charge in [-0.05, 0) is 50.5 Å². The summed E-state index contributed by atoms with van der Waals surface area (Å²) in [6.07, 6.45) is 0.692. The number of ether oxygens (including phenoxy) is 1. The molecule has 0 saturated heterocycles. The lowest BCUT2D eigenvalue weighted by atomic mass is 10.1. The Balaban J connectivity index is 2.62. The lowest BCUT2D eigenvalue weighted by Gasteiger charge is -2.21. The fraction of sp³-hybridized carbons (Fsp3) is 0.538. The van der Waals surface area contributed by atoms with Crippen LogP contribution in [0.4, 0.5) is 0 Å². The van der Waals surface area contributed by atoms with Gasteiger partial charge in [0.2, 0.25) is 0 Å². The molecule has 1 aromatic carbocycles. The van der Waals surface area contributed by atoms with Crippen LogP contribution in [0.1, 0.15) is 31.4 Å². The topological polar surface area (TPSA) is 29.5 Å². The van der Waals surface area contributed by atoms with Crippen molar-refractivity contribution < 1.29 is 9.84 Å². The maximum Gasteiger partial charge on any atom is 0.119 e. The van der Waals surface area contributed by atoms with Gasteiger partial charge in [0.1, 0.15) is 12.4 Å². The molecular formula is C13H20O2. The van der Waals surface area contributed by atoms with Gasteiger partial charge < -0.3 is 9.84 Å². The monoisotopic (exact) mass is 208 g/mol. The molecule has 1 aromatic rings. The van der Waals surface area contributed by atoms with E-state index in [9.17, 15) is 5.11 Å². The minimum absolute atomic E-state index is 0.339. The zero-order chi connectivity index (χ0) is 11.5. The van der Waals surface area contributed by atoms with Crippen molar-refractivity contribution in [2.75, 3.05) is 6.61 Å². The minimum atomic E-state index is -0.737. The fourth-order valence-corrected chi connectivity index (χ4v) is 1.14. The van der Waals surface area contributed by atoms with E-state index in [4.69, 9.17) is 4.74 Å². The van der Waals surface area contributed by atoms with Gasteiger partial charge in [-0.25, -0.2) is 0 Å². The molecule has 0 aromatic heterocycles. The zero-order valence-electron chi connectivity index (χ0n) is 10.0. The average molecular weight is 208 g/mol. The lowest BCUT2D eigenvalue weighted by molar-refractivity contribution is 0.00845. The van der Waals surface area contributed by atoms with Crippen LogP contribution in [0.25, 0.3) is 0 Å². The highest BCUT2D eigenvalue weighted by Gasteiger charge is 2.18. The molecule has 84 valence electrons. The van der Waals surface area contributed by atoms with Crippen LogP contribution in [-0.4, -0.2) is 17.3 Å². The molecule has 2 heteroatoms. The van der Waals surface area contributed by atoms with Gasteiger partial charge >= 0.3 is 0 Å². The summed E-state index contributed by atoms with van der Waals surface area (Å²) in [5.74, 6) is 0.826. The molecule has 0 radical (unpaired) electrons. The van der Waals surface area contributed by atoms with Gasteiger partial charge in [0, 0.05) is 0 Å². The number of aryl methyl sites for hydroxylation is 2. The van der Waals surface area contributed by atoms with Gasteiger partial charge in [0.25, 0.3) is 0 Å². The van der Waals surface area contributed by atoms with Crippen molar-refractivity contribution in [2.24, 2.45) is 0 Å². The van der Waals surface area contributed by atoms with E-state index in [0.29, 0.717) is 13.0 Å². The van der Waals surface area contributed by atoms with Crippen LogP contribution in [0.5, 0.6) is 5.75 Å². The standard InChI is InChI=1S/C13H20O2/c1-5-13(4,14)9-15-12-7-6-10(2)11(3)8-12/h6-8,14H,5,9H2,1-4H3. The largest absolute Gasteiger partial charge is 0.491 e. The van der Waals surface area contributed by atoms with Crippen molar-refractivity contribution in [2.45, 2.75) is 39.7 Å². The molecular weight excluding hydrogens is 188 g/mol. The van der Waals surface area contributed by atoms with E-state index >= 15 is 0 Å². The molecule has 1 N–H and O–H groups in total. The second-order valence-electron chi connectivity index (χ2n) is 4.39. The normalized spacial score (nSPS) is 14.7. The summed E-state index contributed by atoms with van der Waals surface area (Å²) in [5, 5.41) is 9.78. The van der Waals surface area contributed by atoms with Crippen molar-refractivity contribution in [3.8, 4) is 5.75 Å². The third-order valence-electron chi connectivity index (χ3n) is 2.79. The highest BCUT2D eigenvalue weighted by molar-refractivity contribution is 5.33. The minimum Gasteiger partial charge on any atom is -0.491 e. The molecule has 0 spiro atoms. The molecule has 0 heterocycles. The van der Waals surface area contributed by atoms with Crippen LogP contribution in [-0.2, 0) is 0 Å². The zero-order valence-corrected chi connectivity index (χ0v) is 10.0. The van der Waals surface area contributed by atoms with E-state index in [1.165, 1.54) is 11.1 Å². The van der Waals surface area contributed by atoms with Crippen molar-refractivity contribution in [3.05, 3.63) is 29.3 Å². The average Bonchev–Trinajstić information content (AvgIpc) is 2.20. The van der Waals surface area contributed by atoms with Crippen LogP contribution in [0.3, 0.4) is 0 Å². The van der Waals surface area contributed by atoms with E-state index in [1.54, 1.807) is 6.92 Å². The van der Waals surface area contributed by atoms with Crippen LogP contribution in [0.15, 0.2) is 18.2 Å². The van der Waals surface area contributed by atoms with Gasteiger partial charge in [-0.1, -0.05) is 13.0 Å². The lowest BCUT2D eigenvalue weighted by Crippen LogP contribution is -2.31. The maximum atomic E-state index is 9.78. The van der Waals surface area contributed by atoms with Gasteiger partial charge in [0.05, 0.1) is 5.60 Å². The van der Waals surface area contributed by atoms with Crippen molar-refractivity contribution in [1.29, 1.82) is 0 Å². The molecule has 2 nitrogen and oxygen atoms in total. The molecule has 0 amide bonds. The first-order valence-electron chi connectivity index (χ1n) is 5.37. The third-order valence-corrected chi connectivity index (χ3v) is 2.79. The summed E-state index contributed by atoms with van der Waals surface area (Å²) in [4.78, 5) is 0. The predicted octanol–water partition coefficient (Wildman–Crippen LogP) is 2.84. The summed E-state index contributed by atoms with van der Waals surface area (Å²) >= 11 is 0. The van der Waals surface area contributed by atoms with Gasteiger partial charge in [-0.15, -0.1) is 0 Å². The molecule has 15 heavy (non-hydrogen) atoms. The molecule has 0 fully saturated rings. The van der Waals surface area contributed by atoms with Crippen LogP contribution in [0, 0.1) is 13.8 Å². The molecule has 0 aliphatic carbocycles. The van der Waals surface area contributed by atoms with Crippen molar-refractivity contribution in [1.82, 2.24) is 0 Å². The Bertz CT molecular complexity index is 329. The van der Waals surface area contributed by atoms with Gasteiger partial charge in [-0.2, -0.15) is 0 Å². The van der Waals surface area contributed by atoms with Crippen LogP contribution in [0.2, 0.25) is 0 Å². The van der Waals surface area contributed by atoms with E-state index in [2.05, 4.69) is 13.8 Å². The highest BCUT2D eigenvalue weighted by atomic mass is 16.5. The van der Waals surface area contributed by atoms with Crippen LogP contribution < -0.4 is 4.74 Å². The van der Waals surface area contributed by atoms with Crippen molar-refractivity contribution in [3.63, 3.8) is 0 Å². The fourth-order valence-electron chi connectivity index (χ4n) is 1.14. The summed E-state index contributed by atoms with van der Waals surface area (Å²) in [6, 6.07) is 5.97. The summed E-state index contributed by atoms with van der Waals surface area (Å²) in [7, 11) is 0. The first-order chi connectivity index (χ1) is 6.94. The summed E-state index contributed by atoms with van der Waals surface area (Å²) in [6.45, 7) is 8.20. The number of rotatable bonds is 4. The third kappa shape index (κ3) is 3.56. The molecule has 0 aliphatic rings. The molecule has 0 aliphatic heterocycles. The van der Waals surface area contributed by atoms with E-state index in [1.807, 2.05) is 25.1 Å². The van der Waals surface area contributed by atoms with Gasteiger partial charge in [-0.3, -0.25) is 0 Å². The first-order valence-corrected chi connectivity index (χ1v) is 5.37. The number of hydrogen-bond acceptors (Lipinski definition) is 2. The SMILES string of the molecule is CCC(C)(O)COc1ccc(C)c(C)c1. The molecule has 1 unspecified atom stereocenters. The Morgan fingerprint density at radius 2 is 1.93 bits per heavy atom. The van der Waals surface area contributed by atoms with Gasteiger partial charge in [0.15, 0.2) is 0 Å². The van der Waals surface area contributed by atoms with Crippen LogP contribution >= 0.6 is 0 Å². The second kappa shape index (κ2) is 4.67. The Labute approximate surface area is 91.9 Å². The predicted molar refractivity (Wildman–Crippen MR) is 62.3 cm³/mol. The smallest absolute Gasteiger partial charge is 0.119 e. The molecule has 1 atom stereocenters. The number of benzene rings is 1. The Hall–Kier alpha value is -1.02. The highest BCUT2D eigenvalue weighted by Crippen LogP contribution is 2.18. The van der Waals surface area contributed by atoms with E-state index < -0.39 is 5.60 Å². The number of aliphatic hydroxyl groups is 1. The molecule has 1 rings (SSSR count). The number of hydrogen-bond donors (Lipinski definition) is 1. The summed E-state index contributed by atoms with van der Waals surface area (Å²) < 4.78 is 5.55. The molecule has 0 saturated carbocycles. The quantitative estimate of drug-likeness (QED) is 0.824. The second-order valence-corrected chi connectivity index (χ2v) is 4.39. The molecule has 0 bridgehead atoms.